The Morgan fingerprint density at radius 3 is 2.17 bits per heavy atom. The van der Waals surface area contributed by atoms with E-state index in [1.165, 1.54) is 11.2 Å². The largest absolute Gasteiger partial charge is 0.392 e. The Kier molecular flexibility index (Phi) is 5.06. The second-order valence-electron chi connectivity index (χ2n) is 4.25. The second kappa shape index (κ2) is 5.94. The molecule has 8 heteroatoms. The van der Waals surface area contributed by atoms with E-state index in [0.29, 0.717) is 32.6 Å². The maximum absolute atomic E-state index is 12.3. The summed E-state index contributed by atoms with van der Waals surface area (Å²) in [6, 6.07) is 0. The van der Waals surface area contributed by atoms with Gasteiger partial charge < -0.3 is 10.6 Å². The van der Waals surface area contributed by atoms with Gasteiger partial charge in [-0.2, -0.15) is 4.31 Å². The zero-order chi connectivity index (χ0) is 13.9. The third-order valence-electron chi connectivity index (χ3n) is 3.09. The van der Waals surface area contributed by atoms with Crippen molar-refractivity contribution in [1.82, 2.24) is 9.21 Å². The summed E-state index contributed by atoms with van der Waals surface area (Å²) in [6.07, 6.45) is 0.366. The zero-order valence-corrected chi connectivity index (χ0v) is 12.3. The number of nitrogens with two attached hydrogens (primary N) is 1. The molecule has 0 saturated carbocycles. The highest BCUT2D eigenvalue weighted by atomic mass is 32.2. The lowest BCUT2D eigenvalue weighted by Crippen LogP contribution is -2.53. The first-order valence-electron chi connectivity index (χ1n) is 5.84. The number of hydrogen-bond donors (Lipinski definition) is 1. The molecule has 1 amide bonds. The maximum atomic E-state index is 12.3. The predicted molar refractivity (Wildman–Crippen MR) is 73.6 cm³/mol. The standard InChI is InChI=1S/C10H19N3O3S2/c1-3-9(10(11)17)18(15,16)13-6-4-12(5-7-13)8(2)14/h9H,3-7H2,1-2H3,(H2,11,17). The fraction of sp³-hybridized carbons (Fsp3) is 0.800. The molecule has 0 aromatic carbocycles. The molecule has 0 aromatic heterocycles. The van der Waals surface area contributed by atoms with Gasteiger partial charge in [0.1, 0.15) is 5.25 Å². The number of nitrogens with zero attached hydrogens (tertiary/aromatic N) is 2. The van der Waals surface area contributed by atoms with Crippen LogP contribution in [-0.2, 0) is 14.8 Å². The summed E-state index contributed by atoms with van der Waals surface area (Å²) in [7, 11) is -3.49. The van der Waals surface area contributed by atoms with E-state index in [1.54, 1.807) is 11.8 Å². The first-order chi connectivity index (χ1) is 8.30. The lowest BCUT2D eigenvalue weighted by Gasteiger charge is -2.35. The number of carbonyl (C=O) groups is 1. The van der Waals surface area contributed by atoms with Gasteiger partial charge in [0.2, 0.25) is 15.9 Å². The molecule has 0 aromatic rings. The monoisotopic (exact) mass is 293 g/mol. The third kappa shape index (κ3) is 3.18. The number of amides is 1. The highest BCUT2D eigenvalue weighted by molar-refractivity contribution is 7.92. The molecule has 18 heavy (non-hydrogen) atoms. The van der Waals surface area contributed by atoms with E-state index in [-0.39, 0.29) is 10.9 Å². The van der Waals surface area contributed by atoms with Gasteiger partial charge in [-0.3, -0.25) is 4.79 Å². The average molecular weight is 293 g/mol. The van der Waals surface area contributed by atoms with Gasteiger partial charge in [0.25, 0.3) is 0 Å². The topological polar surface area (TPSA) is 83.7 Å². The van der Waals surface area contributed by atoms with Gasteiger partial charge in [0.05, 0.1) is 4.99 Å². The molecule has 6 nitrogen and oxygen atoms in total. The maximum Gasteiger partial charge on any atom is 0.223 e. The minimum Gasteiger partial charge on any atom is -0.392 e. The van der Waals surface area contributed by atoms with Gasteiger partial charge in [0.15, 0.2) is 0 Å². The van der Waals surface area contributed by atoms with Crippen LogP contribution in [0.1, 0.15) is 20.3 Å². The molecule has 1 aliphatic heterocycles. The van der Waals surface area contributed by atoms with Crippen LogP contribution in [0.15, 0.2) is 0 Å². The molecule has 1 unspecified atom stereocenters. The van der Waals surface area contributed by atoms with Crippen LogP contribution < -0.4 is 5.73 Å². The van der Waals surface area contributed by atoms with E-state index in [9.17, 15) is 13.2 Å². The Morgan fingerprint density at radius 1 is 1.33 bits per heavy atom. The van der Waals surface area contributed by atoms with Crippen LogP contribution >= 0.6 is 12.2 Å². The quantitative estimate of drug-likeness (QED) is 0.710. The van der Waals surface area contributed by atoms with Crippen LogP contribution in [0.25, 0.3) is 0 Å². The Morgan fingerprint density at radius 2 is 1.83 bits per heavy atom. The summed E-state index contributed by atoms with van der Waals surface area (Å²) < 4.78 is 26.0. The van der Waals surface area contributed by atoms with Crippen molar-refractivity contribution in [2.24, 2.45) is 5.73 Å². The summed E-state index contributed by atoms with van der Waals surface area (Å²) >= 11 is 4.81. The van der Waals surface area contributed by atoms with Gasteiger partial charge in [0, 0.05) is 33.1 Å². The Bertz CT molecular complexity index is 428. The van der Waals surface area contributed by atoms with Gasteiger partial charge in [-0.1, -0.05) is 19.1 Å². The van der Waals surface area contributed by atoms with Crippen LogP contribution in [0.3, 0.4) is 0 Å². The van der Waals surface area contributed by atoms with Crippen LogP contribution in [-0.4, -0.2) is 59.9 Å². The zero-order valence-electron chi connectivity index (χ0n) is 10.6. The minimum atomic E-state index is -3.49. The van der Waals surface area contributed by atoms with Gasteiger partial charge in [-0.25, -0.2) is 8.42 Å². The molecule has 1 saturated heterocycles. The summed E-state index contributed by atoms with van der Waals surface area (Å²) in [5.41, 5.74) is 5.48. The summed E-state index contributed by atoms with van der Waals surface area (Å²) in [5, 5.41) is -0.809. The first kappa shape index (κ1) is 15.3. The van der Waals surface area contributed by atoms with Crippen molar-refractivity contribution >= 4 is 33.1 Å². The molecule has 1 aliphatic rings. The molecule has 104 valence electrons. The number of sulfonamides is 1. The van der Waals surface area contributed by atoms with E-state index in [0.717, 1.165) is 0 Å². The Hall–Kier alpha value is -0.730. The van der Waals surface area contributed by atoms with Crippen LogP contribution in [0.2, 0.25) is 0 Å². The van der Waals surface area contributed by atoms with E-state index < -0.39 is 15.3 Å². The summed E-state index contributed by atoms with van der Waals surface area (Å²) in [5.74, 6) is -0.0339. The smallest absolute Gasteiger partial charge is 0.223 e. The van der Waals surface area contributed by atoms with E-state index in [4.69, 9.17) is 18.0 Å². The Labute approximate surface area is 113 Å². The van der Waals surface area contributed by atoms with Crippen molar-refractivity contribution in [1.29, 1.82) is 0 Å². The first-order valence-corrected chi connectivity index (χ1v) is 7.75. The van der Waals surface area contributed by atoms with E-state index in [1.807, 2.05) is 0 Å². The van der Waals surface area contributed by atoms with Crippen LogP contribution in [0.5, 0.6) is 0 Å². The number of rotatable bonds is 4. The summed E-state index contributed by atoms with van der Waals surface area (Å²) in [4.78, 5) is 12.8. The van der Waals surface area contributed by atoms with Crippen LogP contribution in [0.4, 0.5) is 0 Å². The number of thiocarbonyl (C=S) groups is 1. The van der Waals surface area contributed by atoms with Crippen molar-refractivity contribution in [2.75, 3.05) is 26.2 Å². The van der Waals surface area contributed by atoms with Gasteiger partial charge >= 0.3 is 0 Å². The molecular formula is C10H19N3O3S2. The highest BCUT2D eigenvalue weighted by Gasteiger charge is 2.35. The second-order valence-corrected chi connectivity index (χ2v) is 6.84. The molecule has 0 bridgehead atoms. The average Bonchev–Trinajstić information content (AvgIpc) is 2.29. The highest BCUT2D eigenvalue weighted by Crippen LogP contribution is 2.15. The van der Waals surface area contributed by atoms with E-state index >= 15 is 0 Å². The van der Waals surface area contributed by atoms with Crippen molar-refractivity contribution < 1.29 is 13.2 Å². The van der Waals surface area contributed by atoms with Gasteiger partial charge in [-0.15, -0.1) is 0 Å². The third-order valence-corrected chi connectivity index (χ3v) is 5.92. The number of carbonyl (C=O) groups excluding carboxylic acids is 1. The molecule has 0 spiro atoms. The molecule has 2 N–H and O–H groups in total. The molecule has 1 fully saturated rings. The Balaban J connectivity index is 2.77. The molecule has 1 atom stereocenters. The number of hydrogen-bond acceptors (Lipinski definition) is 4. The number of piperazine rings is 1. The molecule has 1 heterocycles. The van der Waals surface area contributed by atoms with Crippen molar-refractivity contribution in [3.63, 3.8) is 0 Å². The van der Waals surface area contributed by atoms with Crippen molar-refractivity contribution in [2.45, 2.75) is 25.5 Å². The fourth-order valence-electron chi connectivity index (χ4n) is 2.00. The normalized spacial score (nSPS) is 19.6. The molecule has 0 aliphatic carbocycles. The summed E-state index contributed by atoms with van der Waals surface area (Å²) in [6.45, 7) is 4.67. The minimum absolute atomic E-state index is 0.00602. The van der Waals surface area contributed by atoms with Crippen LogP contribution in [0, 0.1) is 0 Å². The molecule has 1 rings (SSSR count). The lowest BCUT2D eigenvalue weighted by molar-refractivity contribution is -0.129. The fourth-order valence-corrected chi connectivity index (χ4v) is 4.27. The molecular weight excluding hydrogens is 274 g/mol. The van der Waals surface area contributed by atoms with Crippen molar-refractivity contribution in [3.8, 4) is 0 Å². The lowest BCUT2D eigenvalue weighted by atomic mass is 10.3. The van der Waals surface area contributed by atoms with Crippen molar-refractivity contribution in [3.05, 3.63) is 0 Å². The molecule has 0 radical (unpaired) electrons. The predicted octanol–water partition coefficient (Wildman–Crippen LogP) is -0.455. The van der Waals surface area contributed by atoms with Gasteiger partial charge in [-0.05, 0) is 6.42 Å². The SMILES string of the molecule is CCC(C(N)=S)S(=O)(=O)N1CCN(C(C)=O)CC1. The van der Waals surface area contributed by atoms with E-state index in [2.05, 4.69) is 0 Å².